The summed E-state index contributed by atoms with van der Waals surface area (Å²) in [6, 6.07) is 18.0. The first kappa shape index (κ1) is 22.3. The Morgan fingerprint density at radius 3 is 2.69 bits per heavy atom. The minimum Gasteiger partial charge on any atom is -0.457 e. The normalized spacial score (nSPS) is 14.9. The van der Waals surface area contributed by atoms with Crippen molar-refractivity contribution in [1.82, 2.24) is 4.90 Å². The molecular formula is C23H17ClN2O4S2. The van der Waals surface area contributed by atoms with Crippen LogP contribution in [0.2, 0.25) is 5.02 Å². The van der Waals surface area contributed by atoms with Gasteiger partial charge in [0.2, 0.25) is 5.91 Å². The molecule has 2 heterocycles. The first-order valence-electron chi connectivity index (χ1n) is 9.48. The third-order valence-electron chi connectivity index (χ3n) is 4.56. The van der Waals surface area contributed by atoms with Crippen LogP contribution in [0.5, 0.6) is 0 Å². The molecular weight excluding hydrogens is 468 g/mol. The molecule has 6 nitrogen and oxygen atoms in total. The van der Waals surface area contributed by atoms with E-state index in [-0.39, 0.29) is 11.4 Å². The number of carbonyl (C=O) groups is 3. The fraction of sp³-hybridized carbons (Fsp3) is 0.0870. The molecule has 0 aliphatic carbocycles. The molecule has 1 aliphatic rings. The van der Waals surface area contributed by atoms with E-state index < -0.39 is 17.1 Å². The number of benzene rings is 2. The number of hydrogen-bond donors (Lipinski definition) is 1. The average molecular weight is 485 g/mol. The molecule has 1 N–H and O–H groups in total. The number of amides is 3. The van der Waals surface area contributed by atoms with Crippen molar-refractivity contribution in [2.24, 2.45) is 0 Å². The van der Waals surface area contributed by atoms with Gasteiger partial charge in [-0.25, -0.2) is 0 Å². The van der Waals surface area contributed by atoms with E-state index in [1.54, 1.807) is 42.1 Å². The molecule has 1 aliphatic heterocycles. The van der Waals surface area contributed by atoms with Crippen molar-refractivity contribution in [3.63, 3.8) is 0 Å². The molecule has 1 saturated heterocycles. The molecule has 162 valence electrons. The smallest absolute Gasteiger partial charge is 0.294 e. The molecule has 1 aromatic heterocycles. The van der Waals surface area contributed by atoms with E-state index in [1.165, 1.54) is 6.08 Å². The van der Waals surface area contributed by atoms with Crippen molar-refractivity contribution < 1.29 is 18.8 Å². The van der Waals surface area contributed by atoms with E-state index in [0.717, 1.165) is 27.1 Å². The zero-order valence-corrected chi connectivity index (χ0v) is 19.2. The van der Waals surface area contributed by atoms with Gasteiger partial charge in [0.05, 0.1) is 4.91 Å². The summed E-state index contributed by atoms with van der Waals surface area (Å²) in [6.45, 7) is -0.361. The highest BCUT2D eigenvalue weighted by molar-refractivity contribution is 8.18. The fourth-order valence-electron chi connectivity index (χ4n) is 3.01. The molecule has 0 saturated carbocycles. The summed E-state index contributed by atoms with van der Waals surface area (Å²) in [4.78, 5) is 39.5. The number of nitrogens with one attached hydrogen (secondary N) is 1. The topological polar surface area (TPSA) is 79.6 Å². The first-order chi connectivity index (χ1) is 15.4. The molecule has 2 aromatic carbocycles. The lowest BCUT2D eigenvalue weighted by Gasteiger charge is -2.12. The maximum Gasteiger partial charge on any atom is 0.294 e. The maximum absolute atomic E-state index is 12.7. The molecule has 0 atom stereocenters. The molecule has 1 fully saturated rings. The van der Waals surface area contributed by atoms with E-state index in [2.05, 4.69) is 5.32 Å². The van der Waals surface area contributed by atoms with Gasteiger partial charge in [-0.05, 0) is 72.6 Å². The third kappa shape index (κ3) is 5.09. The Bertz CT molecular complexity index is 1220. The lowest BCUT2D eigenvalue weighted by atomic mass is 10.2. The lowest BCUT2D eigenvalue weighted by molar-refractivity contribution is -0.127. The molecule has 0 spiro atoms. The number of anilines is 1. The number of hydrogen-bond acceptors (Lipinski definition) is 6. The monoisotopic (exact) mass is 484 g/mol. The van der Waals surface area contributed by atoms with Crippen LogP contribution in [0.1, 0.15) is 5.76 Å². The number of imide groups is 1. The average Bonchev–Trinajstić information content (AvgIpc) is 3.35. The van der Waals surface area contributed by atoms with Gasteiger partial charge in [0.1, 0.15) is 18.1 Å². The van der Waals surface area contributed by atoms with Gasteiger partial charge < -0.3 is 9.73 Å². The highest BCUT2D eigenvalue weighted by Gasteiger charge is 2.36. The maximum atomic E-state index is 12.7. The lowest BCUT2D eigenvalue weighted by Crippen LogP contribution is -2.36. The predicted octanol–water partition coefficient (Wildman–Crippen LogP) is 6.00. The molecule has 0 unspecified atom stereocenters. The summed E-state index contributed by atoms with van der Waals surface area (Å²) in [5, 5.41) is 2.84. The van der Waals surface area contributed by atoms with Gasteiger partial charge in [0, 0.05) is 27.2 Å². The highest BCUT2D eigenvalue weighted by atomic mass is 35.5. The van der Waals surface area contributed by atoms with E-state index in [1.807, 2.05) is 36.6 Å². The number of nitrogens with zero attached hydrogens (tertiary/aromatic N) is 1. The predicted molar refractivity (Wildman–Crippen MR) is 129 cm³/mol. The van der Waals surface area contributed by atoms with Crippen molar-refractivity contribution >= 4 is 63.9 Å². The number of thioether (sulfide) groups is 2. The first-order valence-corrected chi connectivity index (χ1v) is 11.9. The SMILES string of the molecule is CSc1cccc(NC(=O)CN2C(=O)S/C(=C/c3ccc(-c4ccc(Cl)cc4)o3)C2=O)c1. The van der Waals surface area contributed by atoms with Crippen LogP contribution in [-0.2, 0) is 9.59 Å². The van der Waals surface area contributed by atoms with Crippen LogP contribution in [0.15, 0.2) is 74.9 Å². The van der Waals surface area contributed by atoms with Crippen LogP contribution in [0, 0.1) is 0 Å². The second-order valence-corrected chi connectivity index (χ2v) is 9.07. The molecule has 0 bridgehead atoms. The summed E-state index contributed by atoms with van der Waals surface area (Å²) in [6.07, 6.45) is 3.44. The van der Waals surface area contributed by atoms with Crippen LogP contribution in [0.25, 0.3) is 17.4 Å². The summed E-state index contributed by atoms with van der Waals surface area (Å²) in [5.41, 5.74) is 1.44. The Labute approximate surface area is 198 Å². The van der Waals surface area contributed by atoms with Gasteiger partial charge in [0.25, 0.3) is 11.1 Å². The highest BCUT2D eigenvalue weighted by Crippen LogP contribution is 2.33. The van der Waals surface area contributed by atoms with Crippen molar-refractivity contribution in [3.8, 4) is 11.3 Å². The number of halogens is 1. The largest absolute Gasteiger partial charge is 0.457 e. The Balaban J connectivity index is 1.44. The van der Waals surface area contributed by atoms with Crippen molar-refractivity contribution in [2.75, 3.05) is 18.1 Å². The van der Waals surface area contributed by atoms with Gasteiger partial charge in [-0.1, -0.05) is 17.7 Å². The minimum atomic E-state index is -0.530. The molecule has 3 amide bonds. The summed E-state index contributed by atoms with van der Waals surface area (Å²) >= 11 is 8.24. The fourth-order valence-corrected chi connectivity index (χ4v) is 4.41. The standard InChI is InChI=1S/C23H17ClN2O4S2/c1-31-18-4-2-3-16(11-18)25-21(27)13-26-22(28)20(32-23(26)29)12-17-9-10-19(30-17)14-5-7-15(24)8-6-14/h2-12H,13H2,1H3,(H,25,27)/b20-12+. The molecule has 3 aromatic rings. The van der Waals surface area contributed by atoms with Gasteiger partial charge in [-0.2, -0.15) is 0 Å². The van der Waals surface area contributed by atoms with Crippen molar-refractivity contribution in [2.45, 2.75) is 4.90 Å². The van der Waals surface area contributed by atoms with Crippen molar-refractivity contribution in [1.29, 1.82) is 0 Å². The zero-order valence-electron chi connectivity index (χ0n) is 16.8. The summed E-state index contributed by atoms with van der Waals surface area (Å²) in [7, 11) is 0. The van der Waals surface area contributed by atoms with E-state index in [4.69, 9.17) is 16.0 Å². The van der Waals surface area contributed by atoms with E-state index >= 15 is 0 Å². The van der Waals surface area contributed by atoms with Crippen LogP contribution in [-0.4, -0.2) is 34.8 Å². The molecule has 32 heavy (non-hydrogen) atoms. The summed E-state index contributed by atoms with van der Waals surface area (Å²) in [5.74, 6) is 0.0602. The number of carbonyl (C=O) groups excluding carboxylic acids is 3. The Kier molecular flexibility index (Phi) is 6.74. The van der Waals surface area contributed by atoms with Crippen LogP contribution < -0.4 is 5.32 Å². The van der Waals surface area contributed by atoms with E-state index in [0.29, 0.717) is 22.2 Å². The number of furan rings is 1. The van der Waals surface area contributed by atoms with E-state index in [9.17, 15) is 14.4 Å². The van der Waals surface area contributed by atoms with Crippen LogP contribution in [0.4, 0.5) is 10.5 Å². The van der Waals surface area contributed by atoms with Gasteiger partial charge in [0.15, 0.2) is 0 Å². The molecule has 9 heteroatoms. The van der Waals surface area contributed by atoms with Gasteiger partial charge >= 0.3 is 0 Å². The van der Waals surface area contributed by atoms with Crippen molar-refractivity contribution in [3.05, 3.63) is 76.4 Å². The quantitative estimate of drug-likeness (QED) is 0.341. The van der Waals surface area contributed by atoms with Crippen LogP contribution >= 0.6 is 35.1 Å². The second kappa shape index (κ2) is 9.68. The Hall–Kier alpha value is -2.94. The Morgan fingerprint density at radius 1 is 1.16 bits per heavy atom. The zero-order chi connectivity index (χ0) is 22.7. The third-order valence-corrected chi connectivity index (χ3v) is 6.44. The summed E-state index contributed by atoms with van der Waals surface area (Å²) < 4.78 is 5.78. The van der Waals surface area contributed by atoms with Crippen LogP contribution in [0.3, 0.4) is 0 Å². The molecule has 4 rings (SSSR count). The molecule has 0 radical (unpaired) electrons. The minimum absolute atomic E-state index is 0.198. The second-order valence-electron chi connectivity index (χ2n) is 6.76. The Morgan fingerprint density at radius 2 is 1.94 bits per heavy atom. The number of rotatable bonds is 6. The van der Waals surface area contributed by atoms with Gasteiger partial charge in [-0.3, -0.25) is 19.3 Å². The van der Waals surface area contributed by atoms with Gasteiger partial charge in [-0.15, -0.1) is 11.8 Å².